The maximum atomic E-state index is 11.8. The highest BCUT2D eigenvalue weighted by Gasteiger charge is 2.33. The van der Waals surface area contributed by atoms with Gasteiger partial charge in [0.15, 0.2) is 0 Å². The van der Waals surface area contributed by atoms with Gasteiger partial charge in [0, 0.05) is 11.5 Å². The summed E-state index contributed by atoms with van der Waals surface area (Å²) in [5.41, 5.74) is 8.07. The molecule has 2 aliphatic rings. The number of aliphatic hydroxyl groups is 1. The highest BCUT2D eigenvalue weighted by molar-refractivity contribution is 5.76. The third-order valence-electron chi connectivity index (χ3n) is 7.09. The molecule has 0 saturated carbocycles. The van der Waals surface area contributed by atoms with Gasteiger partial charge in [-0.2, -0.15) is 0 Å². The Labute approximate surface area is 190 Å². The van der Waals surface area contributed by atoms with Crippen LogP contribution in [0.5, 0.6) is 0 Å². The molecular weight excluding hydrogens is 376 g/mol. The first kappa shape index (κ1) is 23.6. The molecule has 3 rings (SSSR count). The van der Waals surface area contributed by atoms with Gasteiger partial charge in [-0.15, -0.1) is 0 Å². The van der Waals surface area contributed by atoms with Crippen molar-refractivity contribution >= 4 is 5.57 Å². The van der Waals surface area contributed by atoms with Crippen LogP contribution in [0.4, 0.5) is 0 Å². The first-order chi connectivity index (χ1) is 14.6. The van der Waals surface area contributed by atoms with E-state index in [1.165, 1.54) is 27.8 Å². The summed E-state index contributed by atoms with van der Waals surface area (Å²) < 4.78 is 0. The van der Waals surface area contributed by atoms with Crippen molar-refractivity contribution < 1.29 is 5.11 Å². The Hall–Kier alpha value is -2.02. The largest absolute Gasteiger partial charge is 0.511 e. The summed E-state index contributed by atoms with van der Waals surface area (Å²) in [7, 11) is 0. The number of aliphatic hydroxyl groups excluding tert-OH is 1. The van der Waals surface area contributed by atoms with E-state index < -0.39 is 0 Å². The Morgan fingerprint density at radius 3 is 1.87 bits per heavy atom. The number of hydrogen-bond donors (Lipinski definition) is 1. The Bertz CT molecular complexity index is 891. The predicted octanol–water partition coefficient (Wildman–Crippen LogP) is 8.96. The third kappa shape index (κ3) is 4.61. The SMILES string of the molecule is CC(C)C1=C(C2C=CCC(c3c(C(C)C)cccc3C(C)C)=C2O)C(C(C)C)C=CC1. The fraction of sp³-hybridized carbons (Fsp3) is 0.533. The third-order valence-corrected chi connectivity index (χ3v) is 7.09. The van der Waals surface area contributed by atoms with Crippen molar-refractivity contribution in [3.8, 4) is 0 Å². The zero-order valence-corrected chi connectivity index (χ0v) is 20.9. The van der Waals surface area contributed by atoms with E-state index in [-0.39, 0.29) is 5.92 Å². The molecule has 0 radical (unpaired) electrons. The lowest BCUT2D eigenvalue weighted by Crippen LogP contribution is -2.24. The summed E-state index contributed by atoms with van der Waals surface area (Å²) in [4.78, 5) is 0. The zero-order valence-electron chi connectivity index (χ0n) is 20.9. The van der Waals surface area contributed by atoms with E-state index in [1.807, 2.05) is 0 Å². The van der Waals surface area contributed by atoms with Gasteiger partial charge < -0.3 is 5.11 Å². The average Bonchev–Trinajstić information content (AvgIpc) is 2.72. The summed E-state index contributed by atoms with van der Waals surface area (Å²) in [6, 6.07) is 6.68. The molecule has 0 bridgehead atoms. The van der Waals surface area contributed by atoms with Crippen LogP contribution in [0.25, 0.3) is 5.57 Å². The van der Waals surface area contributed by atoms with Crippen molar-refractivity contribution in [2.45, 2.75) is 80.1 Å². The van der Waals surface area contributed by atoms with Crippen molar-refractivity contribution in [3.63, 3.8) is 0 Å². The van der Waals surface area contributed by atoms with Gasteiger partial charge in [-0.05, 0) is 58.8 Å². The van der Waals surface area contributed by atoms with E-state index in [4.69, 9.17) is 0 Å². The molecule has 2 aliphatic carbocycles. The topological polar surface area (TPSA) is 20.2 Å². The van der Waals surface area contributed by atoms with Crippen LogP contribution in [0, 0.1) is 23.7 Å². The van der Waals surface area contributed by atoms with Crippen LogP contribution in [-0.4, -0.2) is 5.11 Å². The maximum absolute atomic E-state index is 11.8. The molecule has 0 saturated heterocycles. The molecule has 2 atom stereocenters. The average molecular weight is 419 g/mol. The summed E-state index contributed by atoms with van der Waals surface area (Å²) >= 11 is 0. The fourth-order valence-electron chi connectivity index (χ4n) is 5.42. The summed E-state index contributed by atoms with van der Waals surface area (Å²) in [6.07, 6.45) is 11.1. The predicted molar refractivity (Wildman–Crippen MR) is 135 cm³/mol. The van der Waals surface area contributed by atoms with Crippen LogP contribution >= 0.6 is 0 Å². The molecule has 0 heterocycles. The van der Waals surface area contributed by atoms with Crippen LogP contribution < -0.4 is 0 Å². The lowest BCUT2D eigenvalue weighted by Gasteiger charge is -2.35. The molecule has 1 N–H and O–H groups in total. The quantitative estimate of drug-likeness (QED) is 0.457. The first-order valence-electron chi connectivity index (χ1n) is 12.3. The van der Waals surface area contributed by atoms with Crippen molar-refractivity contribution in [1.82, 2.24) is 0 Å². The molecule has 2 unspecified atom stereocenters. The minimum atomic E-state index is -0.0151. The number of hydrogen-bond acceptors (Lipinski definition) is 1. The van der Waals surface area contributed by atoms with Gasteiger partial charge in [-0.25, -0.2) is 0 Å². The molecule has 1 heteroatoms. The molecule has 168 valence electrons. The summed E-state index contributed by atoms with van der Waals surface area (Å²) in [6.45, 7) is 18.2. The van der Waals surface area contributed by atoms with Gasteiger partial charge in [-0.1, -0.05) is 103 Å². The molecule has 0 aliphatic heterocycles. The first-order valence-corrected chi connectivity index (χ1v) is 12.3. The molecule has 1 aromatic carbocycles. The Morgan fingerprint density at radius 2 is 1.35 bits per heavy atom. The van der Waals surface area contributed by atoms with Crippen molar-refractivity contribution in [2.24, 2.45) is 23.7 Å². The standard InChI is InChI=1S/C30H42O/c1-18(2)22-12-9-13-23(19(3)4)28(22)26-16-11-17-27(30(26)31)29-24(20(5)6)14-10-15-25(29)21(7)8/h9-14,17-21,24,27,31H,15-16H2,1-8H3. The van der Waals surface area contributed by atoms with Crippen molar-refractivity contribution in [3.05, 3.63) is 76.1 Å². The number of rotatable bonds is 6. The summed E-state index contributed by atoms with van der Waals surface area (Å²) in [5.74, 6) is 2.79. The monoisotopic (exact) mass is 418 g/mol. The van der Waals surface area contributed by atoms with E-state index >= 15 is 0 Å². The highest BCUT2D eigenvalue weighted by Crippen LogP contribution is 2.46. The lowest BCUT2D eigenvalue weighted by atomic mass is 9.70. The second kappa shape index (κ2) is 9.63. The molecule has 0 amide bonds. The molecule has 1 aromatic rings. The van der Waals surface area contributed by atoms with Gasteiger partial charge in [0.25, 0.3) is 0 Å². The van der Waals surface area contributed by atoms with Crippen LogP contribution in [-0.2, 0) is 0 Å². The van der Waals surface area contributed by atoms with Gasteiger partial charge in [0.1, 0.15) is 5.76 Å². The number of benzene rings is 1. The highest BCUT2D eigenvalue weighted by atomic mass is 16.3. The van der Waals surface area contributed by atoms with Crippen molar-refractivity contribution in [2.75, 3.05) is 0 Å². The Kier molecular flexibility index (Phi) is 7.35. The minimum Gasteiger partial charge on any atom is -0.511 e. The van der Waals surface area contributed by atoms with E-state index in [2.05, 4.69) is 97.9 Å². The van der Waals surface area contributed by atoms with Crippen LogP contribution in [0.3, 0.4) is 0 Å². The normalized spacial score (nSPS) is 22.1. The second-order valence-corrected chi connectivity index (χ2v) is 10.6. The maximum Gasteiger partial charge on any atom is 0.107 e. The lowest BCUT2D eigenvalue weighted by molar-refractivity contribution is 0.352. The van der Waals surface area contributed by atoms with Gasteiger partial charge in [0.2, 0.25) is 0 Å². The molecule has 0 spiro atoms. The van der Waals surface area contributed by atoms with E-state index in [1.54, 1.807) is 0 Å². The summed E-state index contributed by atoms with van der Waals surface area (Å²) in [5, 5.41) is 11.8. The molecule has 1 nitrogen and oxygen atoms in total. The zero-order chi connectivity index (χ0) is 22.9. The Balaban J connectivity index is 2.23. The fourth-order valence-corrected chi connectivity index (χ4v) is 5.42. The minimum absolute atomic E-state index is 0.0151. The molecule has 31 heavy (non-hydrogen) atoms. The van der Waals surface area contributed by atoms with E-state index in [0.29, 0.717) is 35.3 Å². The van der Waals surface area contributed by atoms with Crippen molar-refractivity contribution in [1.29, 1.82) is 0 Å². The van der Waals surface area contributed by atoms with Crippen LogP contribution in [0.15, 0.2) is 59.4 Å². The van der Waals surface area contributed by atoms with Crippen LogP contribution in [0.1, 0.15) is 96.8 Å². The van der Waals surface area contributed by atoms with Gasteiger partial charge >= 0.3 is 0 Å². The Morgan fingerprint density at radius 1 is 0.774 bits per heavy atom. The molecule has 0 fully saturated rings. The van der Waals surface area contributed by atoms with Crippen LogP contribution in [0.2, 0.25) is 0 Å². The van der Waals surface area contributed by atoms with Gasteiger partial charge in [0.05, 0.1) is 5.92 Å². The molecule has 0 aromatic heterocycles. The number of allylic oxidation sites excluding steroid dienone is 6. The smallest absolute Gasteiger partial charge is 0.107 e. The van der Waals surface area contributed by atoms with E-state index in [9.17, 15) is 5.11 Å². The molecular formula is C30H42O. The van der Waals surface area contributed by atoms with E-state index in [0.717, 1.165) is 18.4 Å². The second-order valence-electron chi connectivity index (χ2n) is 10.6. The van der Waals surface area contributed by atoms with Gasteiger partial charge in [-0.3, -0.25) is 0 Å².